The number of halogens is 2. The Morgan fingerprint density at radius 3 is 2.23 bits per heavy atom. The molecule has 0 amide bonds. The first-order chi connectivity index (χ1) is 14.4. The van der Waals surface area contributed by atoms with Crippen molar-refractivity contribution in [3.05, 3.63) is 70.8 Å². The molecule has 2 aromatic carbocycles. The fraction of sp³-hybridized carbons (Fsp3) is 0.318. The Hall–Kier alpha value is -2.17. The first-order valence-electron chi connectivity index (χ1n) is 9.56. The van der Waals surface area contributed by atoms with Gasteiger partial charge < -0.3 is 0 Å². The van der Waals surface area contributed by atoms with Gasteiger partial charge in [0, 0.05) is 0 Å². The molecule has 157 valence electrons. The van der Waals surface area contributed by atoms with Gasteiger partial charge in [0.2, 0.25) is 0 Å². The molecule has 0 heterocycles. The van der Waals surface area contributed by atoms with E-state index < -0.39 is 35.2 Å². The molecule has 0 fully saturated rings. The van der Waals surface area contributed by atoms with Crippen LogP contribution in [0.3, 0.4) is 0 Å². The normalized spacial score (nSPS) is 12.4. The third-order valence-corrected chi connectivity index (χ3v) is 5.76. The number of esters is 2. The zero-order valence-corrected chi connectivity index (χ0v) is 20.7. The van der Waals surface area contributed by atoms with Crippen LogP contribution >= 0.6 is 0 Å². The third-order valence-electron chi connectivity index (χ3n) is 4.13. The maximum atomic E-state index is 14.8. The summed E-state index contributed by atoms with van der Waals surface area (Å²) in [5.41, 5.74) is -0.0520. The fourth-order valence-electron chi connectivity index (χ4n) is 2.61. The monoisotopic (exact) mass is 610 g/mol. The molecule has 0 N–H and O–H groups in total. The second-order valence-electron chi connectivity index (χ2n) is 6.34. The molecule has 5 nitrogen and oxygen atoms in total. The van der Waals surface area contributed by atoms with E-state index >= 15 is 0 Å². The second kappa shape index (κ2) is 11.9. The summed E-state index contributed by atoms with van der Waals surface area (Å²) in [5, 5.41) is 0. The van der Waals surface area contributed by atoms with Crippen LogP contribution < -0.4 is 0 Å². The van der Waals surface area contributed by atoms with Crippen LogP contribution in [0.15, 0.2) is 47.5 Å². The number of ether oxygens (including phenoxy) is 2. The van der Waals surface area contributed by atoms with Crippen molar-refractivity contribution in [1.82, 2.24) is 0 Å². The molecule has 30 heavy (non-hydrogen) atoms. The molecule has 0 aliphatic carbocycles. The molecule has 0 aliphatic heterocycles. The van der Waals surface area contributed by atoms with Gasteiger partial charge in [-0.05, 0) is 0 Å². The van der Waals surface area contributed by atoms with Gasteiger partial charge in [-0.1, -0.05) is 6.92 Å². The van der Waals surface area contributed by atoms with E-state index in [-0.39, 0.29) is 18.8 Å². The third kappa shape index (κ3) is 6.41. The Kier molecular flexibility index (Phi) is 9.54. The minimum atomic E-state index is -1.51. The van der Waals surface area contributed by atoms with Crippen LogP contribution in [0.5, 0.6) is 0 Å². The summed E-state index contributed by atoms with van der Waals surface area (Å²) in [6, 6.07) is 9.27. The van der Waals surface area contributed by atoms with Crippen LogP contribution in [0.2, 0.25) is 0 Å². The molecule has 8 heteroatoms. The van der Waals surface area contributed by atoms with Crippen molar-refractivity contribution < 1.29 is 27.8 Å². The zero-order chi connectivity index (χ0) is 22.1. The van der Waals surface area contributed by atoms with Gasteiger partial charge in [0.05, 0.1) is 0 Å². The topological polar surface area (TPSA) is 65.0 Å². The van der Waals surface area contributed by atoms with Gasteiger partial charge >= 0.3 is 184 Å². The van der Waals surface area contributed by atoms with Gasteiger partial charge in [0.1, 0.15) is 0 Å². The van der Waals surface area contributed by atoms with E-state index in [9.17, 15) is 18.4 Å². The first kappa shape index (κ1) is 24.1. The molecule has 1 atom stereocenters. The summed E-state index contributed by atoms with van der Waals surface area (Å²) in [6.07, 6.45) is 1.47. The van der Waals surface area contributed by atoms with Crippen LogP contribution in [0.1, 0.15) is 54.2 Å². The molecule has 0 saturated heterocycles. The van der Waals surface area contributed by atoms with Crippen molar-refractivity contribution >= 4 is 41.0 Å². The average Bonchev–Trinajstić information content (AvgIpc) is 2.73. The van der Waals surface area contributed by atoms with E-state index in [1.54, 1.807) is 19.1 Å². The molecular formula is C22H22F2NO4Pb. The Balaban J connectivity index is 2.43. The van der Waals surface area contributed by atoms with Gasteiger partial charge in [-0.3, -0.25) is 0 Å². The summed E-state index contributed by atoms with van der Waals surface area (Å²) in [4.78, 5) is 28.8. The number of nitrogens with zero attached hydrogens (tertiary/aromatic N) is 1. The van der Waals surface area contributed by atoms with Crippen LogP contribution in [0.4, 0.5) is 8.78 Å². The molecule has 1 unspecified atom stereocenters. The van der Waals surface area contributed by atoms with Gasteiger partial charge in [0.25, 0.3) is 0 Å². The minimum absolute atomic E-state index is 0.0394. The number of rotatable bonds is 9. The average molecular weight is 610 g/mol. The zero-order valence-electron chi connectivity index (χ0n) is 16.8. The van der Waals surface area contributed by atoms with Crippen molar-refractivity contribution in [3.8, 4) is 0 Å². The fourth-order valence-corrected chi connectivity index (χ4v) is 3.76. The van der Waals surface area contributed by atoms with E-state index in [0.717, 1.165) is 24.1 Å². The number of hydrogen-bond donors (Lipinski definition) is 0. The molecule has 0 spiro atoms. The van der Waals surface area contributed by atoms with Crippen LogP contribution in [0, 0.1) is 11.6 Å². The molecule has 2 rings (SSSR count). The van der Waals surface area contributed by atoms with Crippen LogP contribution in [-0.2, 0) is 14.3 Å². The molecule has 2 aromatic rings. The van der Waals surface area contributed by atoms with E-state index in [4.69, 9.17) is 9.47 Å². The summed E-state index contributed by atoms with van der Waals surface area (Å²) in [5.74, 6) is -3.79. The van der Waals surface area contributed by atoms with Gasteiger partial charge in [0.15, 0.2) is 0 Å². The van der Waals surface area contributed by atoms with Crippen molar-refractivity contribution in [2.24, 2.45) is 4.99 Å². The number of benzene rings is 2. The Morgan fingerprint density at radius 2 is 1.67 bits per heavy atom. The summed E-state index contributed by atoms with van der Waals surface area (Å²) < 4.78 is 40.2. The van der Waals surface area contributed by atoms with Crippen molar-refractivity contribution in [2.75, 3.05) is 13.2 Å². The van der Waals surface area contributed by atoms with Crippen LogP contribution in [0.25, 0.3) is 0 Å². The first-order valence-corrected chi connectivity index (χ1v) is 11.5. The van der Waals surface area contributed by atoms with Gasteiger partial charge in [-0.15, -0.1) is 0 Å². The standard InChI is InChI=1S/C22H22F2NO4.Pb/c1-3-5-11-29-21(26)16-12-17(23)19(18(24)13-16)20(22(27)28-4-2)25-14-15-9-7-6-8-10-15;/h6-10,12-13,20H,3-5,11H2,1-2H3;. The summed E-state index contributed by atoms with van der Waals surface area (Å²) >= 11 is 0.441. The van der Waals surface area contributed by atoms with Crippen molar-refractivity contribution in [1.29, 1.82) is 0 Å². The van der Waals surface area contributed by atoms with Gasteiger partial charge in [-0.2, -0.15) is 0 Å². The number of aliphatic imine (C=N–C) groups is 1. The maximum absolute atomic E-state index is 14.8. The molecule has 3 radical (unpaired) electrons. The summed E-state index contributed by atoms with van der Waals surface area (Å²) in [6.45, 7) is 3.73. The summed E-state index contributed by atoms with van der Waals surface area (Å²) in [7, 11) is 0. The molecule has 0 saturated carbocycles. The van der Waals surface area contributed by atoms with E-state index in [1.807, 2.05) is 25.1 Å². The number of unbranched alkanes of at least 4 members (excludes halogenated alkanes) is 1. The second-order valence-corrected chi connectivity index (χ2v) is 8.18. The molecular weight excluding hydrogens is 587 g/mol. The number of hydrogen-bond acceptors (Lipinski definition) is 5. The number of carbonyl (C=O) groups excluding carboxylic acids is 2. The van der Waals surface area contributed by atoms with E-state index in [0.29, 0.717) is 35.5 Å². The van der Waals surface area contributed by atoms with E-state index in [2.05, 4.69) is 4.99 Å². The van der Waals surface area contributed by atoms with E-state index in [1.165, 1.54) is 0 Å². The Morgan fingerprint density at radius 1 is 1.03 bits per heavy atom. The molecule has 0 bridgehead atoms. The van der Waals surface area contributed by atoms with Crippen molar-refractivity contribution in [2.45, 2.75) is 32.7 Å². The van der Waals surface area contributed by atoms with Gasteiger partial charge in [-0.25, -0.2) is 0 Å². The quantitative estimate of drug-likeness (QED) is 0.186. The Labute approximate surface area is 190 Å². The molecule has 0 aliphatic rings. The predicted molar refractivity (Wildman–Crippen MR) is 110 cm³/mol. The van der Waals surface area contributed by atoms with Crippen molar-refractivity contribution in [3.63, 3.8) is 0 Å². The number of carbonyl (C=O) groups is 2. The predicted octanol–water partition coefficient (Wildman–Crippen LogP) is 4.14. The Bertz CT molecular complexity index is 896. The molecule has 0 aromatic heterocycles. The SMILES string of the molecule is CCCCOC(=O)c1cc(F)c(C(N=[C]([Pb])c2ccccc2)C(=O)OCC)c(F)c1. The van der Waals surface area contributed by atoms with Crippen LogP contribution in [-0.4, -0.2) is 54.2 Å².